The molecule has 0 radical (unpaired) electrons. The van der Waals surface area contributed by atoms with E-state index < -0.39 is 32.9 Å². The van der Waals surface area contributed by atoms with Crippen LogP contribution >= 0.6 is 0 Å². The fourth-order valence-electron chi connectivity index (χ4n) is 1.97. The molecule has 16 heavy (non-hydrogen) atoms. The van der Waals surface area contributed by atoms with Crippen LogP contribution in [0.1, 0.15) is 13.8 Å². The summed E-state index contributed by atoms with van der Waals surface area (Å²) in [6.45, 7) is 4.01. The highest BCUT2D eigenvalue weighted by atomic mass is 28.4. The number of carbonyl (C=O) groups is 1. The average molecular weight is 248 g/mol. The van der Waals surface area contributed by atoms with Crippen LogP contribution in [0.2, 0.25) is 5.54 Å². The number of aliphatic hydroxyl groups is 1. The number of carboxylic acid groups (broad SMARTS) is 1. The zero-order valence-electron chi connectivity index (χ0n) is 9.25. The highest BCUT2D eigenvalue weighted by molar-refractivity contribution is 6.62. The first-order valence-electron chi connectivity index (χ1n) is 5.33. The van der Waals surface area contributed by atoms with E-state index in [0.717, 1.165) is 0 Å². The van der Waals surface area contributed by atoms with Crippen molar-refractivity contribution in [3.63, 3.8) is 0 Å². The molecule has 7 heteroatoms. The van der Waals surface area contributed by atoms with Gasteiger partial charge in [0.25, 0.3) is 0 Å². The minimum absolute atomic E-state index is 0.0442. The van der Waals surface area contributed by atoms with Gasteiger partial charge in [0.1, 0.15) is 5.92 Å². The van der Waals surface area contributed by atoms with E-state index in [-0.39, 0.29) is 18.8 Å². The Hall–Kier alpha value is -0.473. The molecule has 2 bridgehead atoms. The summed E-state index contributed by atoms with van der Waals surface area (Å²) >= 11 is 0. The van der Waals surface area contributed by atoms with Crippen molar-refractivity contribution < 1.29 is 28.3 Å². The third-order valence-electron chi connectivity index (χ3n) is 3.05. The van der Waals surface area contributed by atoms with Gasteiger partial charge in [-0.2, -0.15) is 0 Å². The third-order valence-corrected chi connectivity index (χ3v) is 6.23. The maximum Gasteiger partial charge on any atom is 0.504 e. The number of rotatable bonds is 2. The van der Waals surface area contributed by atoms with Gasteiger partial charge in [-0.05, 0) is 0 Å². The van der Waals surface area contributed by atoms with Crippen LogP contribution in [0.25, 0.3) is 0 Å². The lowest BCUT2D eigenvalue weighted by Gasteiger charge is -2.26. The summed E-state index contributed by atoms with van der Waals surface area (Å²) in [5.74, 6) is -1.99. The Morgan fingerprint density at radius 2 is 2.00 bits per heavy atom. The van der Waals surface area contributed by atoms with E-state index in [9.17, 15) is 9.90 Å². The van der Waals surface area contributed by atoms with E-state index in [2.05, 4.69) is 0 Å². The molecule has 0 spiro atoms. The van der Waals surface area contributed by atoms with Crippen molar-refractivity contribution >= 4 is 14.8 Å². The summed E-state index contributed by atoms with van der Waals surface area (Å²) in [6, 6.07) is 0. The molecule has 0 amide bonds. The Balaban J connectivity index is 2.21. The van der Waals surface area contributed by atoms with Gasteiger partial charge in [0.05, 0.1) is 25.4 Å². The molecule has 2 rings (SSSR count). The van der Waals surface area contributed by atoms with Crippen molar-refractivity contribution in [3.8, 4) is 0 Å². The van der Waals surface area contributed by atoms with Gasteiger partial charge in [-0.15, -0.1) is 0 Å². The minimum atomic E-state index is -2.76. The molecule has 2 aliphatic heterocycles. The molecule has 0 saturated carbocycles. The Labute approximate surface area is 94.5 Å². The molecule has 2 N–H and O–H groups in total. The molecule has 2 saturated heterocycles. The van der Waals surface area contributed by atoms with E-state index in [1.165, 1.54) is 0 Å². The summed E-state index contributed by atoms with van der Waals surface area (Å²) in [6.07, 6.45) is -1.63. The van der Waals surface area contributed by atoms with E-state index in [1.807, 2.05) is 13.8 Å². The van der Waals surface area contributed by atoms with Crippen molar-refractivity contribution in [1.82, 2.24) is 0 Å². The van der Waals surface area contributed by atoms with Crippen LogP contribution in [0.5, 0.6) is 0 Å². The highest BCUT2D eigenvalue weighted by Gasteiger charge is 2.57. The largest absolute Gasteiger partial charge is 0.504 e. The van der Waals surface area contributed by atoms with Gasteiger partial charge < -0.3 is 23.5 Å². The van der Waals surface area contributed by atoms with Crippen LogP contribution in [-0.4, -0.2) is 50.4 Å². The zero-order valence-corrected chi connectivity index (χ0v) is 10.3. The number of fused-ring (bicyclic) bond motifs is 2. The maximum absolute atomic E-state index is 10.9. The second kappa shape index (κ2) is 4.08. The SMILES string of the molecule is CC(C)[Si]12OCC(O1)C(O)C(C(=O)O)CO2. The molecule has 4 atom stereocenters. The second-order valence-corrected chi connectivity index (χ2v) is 7.65. The smallest absolute Gasteiger partial charge is 0.481 e. The van der Waals surface area contributed by atoms with Crippen LogP contribution in [0.3, 0.4) is 0 Å². The lowest BCUT2D eigenvalue weighted by Crippen LogP contribution is -2.45. The van der Waals surface area contributed by atoms with Crippen LogP contribution in [0.15, 0.2) is 0 Å². The fourth-order valence-corrected chi connectivity index (χ4v) is 4.57. The summed E-state index contributed by atoms with van der Waals surface area (Å²) in [5, 5.41) is 18.8. The third kappa shape index (κ3) is 1.78. The number of aliphatic carboxylic acids is 1. The molecular weight excluding hydrogens is 232 g/mol. The molecule has 0 aromatic rings. The minimum Gasteiger partial charge on any atom is -0.481 e. The van der Waals surface area contributed by atoms with Crippen LogP contribution in [0.4, 0.5) is 0 Å². The van der Waals surface area contributed by atoms with Crippen LogP contribution in [-0.2, 0) is 18.1 Å². The predicted octanol–water partition coefficient (Wildman–Crippen LogP) is -0.157. The number of hydrogen-bond donors (Lipinski definition) is 2. The molecule has 92 valence electrons. The number of carboxylic acids is 1. The van der Waals surface area contributed by atoms with Gasteiger partial charge in [-0.3, -0.25) is 4.79 Å². The molecule has 0 aliphatic carbocycles. The number of hydrogen-bond acceptors (Lipinski definition) is 5. The first-order valence-corrected chi connectivity index (χ1v) is 7.13. The van der Waals surface area contributed by atoms with Crippen molar-refractivity contribution in [2.45, 2.75) is 31.6 Å². The zero-order chi connectivity index (χ0) is 11.9. The van der Waals surface area contributed by atoms with Crippen LogP contribution in [0, 0.1) is 5.92 Å². The Bertz CT molecular complexity index is 296. The summed E-state index contributed by atoms with van der Waals surface area (Å²) in [4.78, 5) is 10.9. The lowest BCUT2D eigenvalue weighted by molar-refractivity contribution is -0.149. The van der Waals surface area contributed by atoms with Gasteiger partial charge in [0.2, 0.25) is 0 Å². The van der Waals surface area contributed by atoms with Gasteiger partial charge >= 0.3 is 14.8 Å². The van der Waals surface area contributed by atoms with E-state index in [0.29, 0.717) is 0 Å². The molecular formula is C9H16O6Si. The van der Waals surface area contributed by atoms with E-state index >= 15 is 0 Å². The quantitative estimate of drug-likeness (QED) is 0.661. The summed E-state index contributed by atoms with van der Waals surface area (Å²) in [7, 11) is -2.76. The van der Waals surface area contributed by atoms with Gasteiger partial charge in [0, 0.05) is 5.54 Å². The normalized spacial score (nSPS) is 43.4. The molecule has 2 heterocycles. The van der Waals surface area contributed by atoms with Crippen LogP contribution < -0.4 is 0 Å². The molecule has 2 fully saturated rings. The Morgan fingerprint density at radius 1 is 1.38 bits per heavy atom. The van der Waals surface area contributed by atoms with Gasteiger partial charge in [-0.1, -0.05) is 13.8 Å². The molecule has 0 aromatic carbocycles. The lowest BCUT2D eigenvalue weighted by atomic mass is 9.99. The maximum atomic E-state index is 10.9. The summed E-state index contributed by atoms with van der Waals surface area (Å²) in [5.41, 5.74) is 0.0669. The highest BCUT2D eigenvalue weighted by Crippen LogP contribution is 2.36. The van der Waals surface area contributed by atoms with Gasteiger partial charge in [-0.25, -0.2) is 0 Å². The number of aliphatic hydroxyl groups excluding tert-OH is 1. The predicted molar refractivity (Wildman–Crippen MR) is 54.8 cm³/mol. The van der Waals surface area contributed by atoms with Gasteiger partial charge in [0.15, 0.2) is 0 Å². The van der Waals surface area contributed by atoms with Crippen molar-refractivity contribution in [1.29, 1.82) is 0 Å². The topological polar surface area (TPSA) is 85.2 Å². The summed E-state index contributed by atoms with van der Waals surface area (Å²) < 4.78 is 16.7. The second-order valence-electron chi connectivity index (χ2n) is 4.47. The van der Waals surface area contributed by atoms with Crippen molar-refractivity contribution in [2.24, 2.45) is 5.92 Å². The first kappa shape index (κ1) is 12.0. The first-order chi connectivity index (χ1) is 7.46. The average Bonchev–Trinajstić information content (AvgIpc) is 2.55. The Morgan fingerprint density at radius 3 is 2.56 bits per heavy atom. The fraction of sp³-hybridized carbons (Fsp3) is 0.889. The van der Waals surface area contributed by atoms with E-state index in [1.54, 1.807) is 0 Å². The van der Waals surface area contributed by atoms with Crippen molar-refractivity contribution in [3.05, 3.63) is 0 Å². The Kier molecular flexibility index (Phi) is 3.06. The molecule has 6 nitrogen and oxygen atoms in total. The molecule has 4 unspecified atom stereocenters. The van der Waals surface area contributed by atoms with E-state index in [4.69, 9.17) is 18.4 Å². The molecule has 2 aliphatic rings. The van der Waals surface area contributed by atoms with Crippen molar-refractivity contribution in [2.75, 3.05) is 13.2 Å². The monoisotopic (exact) mass is 248 g/mol. The molecule has 0 aromatic heterocycles. The standard InChI is InChI=1S/C9H16O6Si/c1-5(2)16-13-3-6(9(11)12)8(10)7(15-16)4-14-16/h5-8,10H,3-4H2,1-2H3,(H,11,12).